The first-order chi connectivity index (χ1) is 15.8. The Morgan fingerprint density at radius 2 is 1.82 bits per heavy atom. The number of nitrogens with one attached hydrogen (secondary N) is 2. The molecule has 0 aromatic heterocycles. The quantitative estimate of drug-likeness (QED) is 0.409. The minimum absolute atomic E-state index is 0.0801. The predicted octanol–water partition coefficient (Wildman–Crippen LogP) is 4.56. The van der Waals surface area contributed by atoms with Crippen molar-refractivity contribution in [3.63, 3.8) is 0 Å². The molecule has 0 aliphatic rings. The molecule has 0 radical (unpaired) electrons. The van der Waals surface area contributed by atoms with Crippen molar-refractivity contribution >= 4 is 38.9 Å². The van der Waals surface area contributed by atoms with Crippen LogP contribution in [-0.2, 0) is 14.8 Å². The number of carbonyl (C=O) groups is 1. The van der Waals surface area contributed by atoms with Crippen LogP contribution in [0.5, 0.6) is 5.75 Å². The van der Waals surface area contributed by atoms with Gasteiger partial charge in [-0.15, -0.1) is 0 Å². The molecule has 174 valence electrons. The summed E-state index contributed by atoms with van der Waals surface area (Å²) < 4.78 is 34.3. The number of aliphatic hydroxyl groups is 1. The number of rotatable bonds is 9. The van der Waals surface area contributed by atoms with Crippen LogP contribution in [0.15, 0.2) is 71.6 Å². The second-order valence-electron chi connectivity index (χ2n) is 7.25. The van der Waals surface area contributed by atoms with Crippen LogP contribution in [0.1, 0.15) is 24.0 Å². The van der Waals surface area contributed by atoms with Gasteiger partial charge in [-0.1, -0.05) is 48.0 Å². The fourth-order valence-corrected chi connectivity index (χ4v) is 4.67. The lowest BCUT2D eigenvalue weighted by atomic mass is 9.99. The molecule has 3 N–H and O–H groups in total. The summed E-state index contributed by atoms with van der Waals surface area (Å²) in [6.07, 6.45) is 0. The van der Waals surface area contributed by atoms with E-state index in [9.17, 15) is 18.3 Å². The van der Waals surface area contributed by atoms with Crippen molar-refractivity contribution in [1.82, 2.24) is 0 Å². The number of aliphatic hydroxyl groups excluding tert-OH is 1. The number of carbonyl (C=O) groups excluding carboxylic acids is 1. The molecule has 0 saturated carbocycles. The van der Waals surface area contributed by atoms with E-state index in [1.165, 1.54) is 18.2 Å². The molecule has 0 saturated heterocycles. The number of ether oxygens (including phenoxy) is 1. The van der Waals surface area contributed by atoms with Crippen LogP contribution in [0, 0.1) is 6.92 Å². The third-order valence-electron chi connectivity index (χ3n) is 5.01. The smallest absolute Gasteiger partial charge is 0.265 e. The lowest BCUT2D eigenvalue weighted by Crippen LogP contribution is -2.24. The first-order valence-electron chi connectivity index (χ1n) is 10.3. The lowest BCUT2D eigenvalue weighted by Gasteiger charge is -2.17. The van der Waals surface area contributed by atoms with Gasteiger partial charge in [0, 0.05) is 16.8 Å². The summed E-state index contributed by atoms with van der Waals surface area (Å²) in [6.45, 7) is 3.29. The van der Waals surface area contributed by atoms with Gasteiger partial charge in [0.15, 0.2) is 0 Å². The Kier molecular flexibility index (Phi) is 7.97. The molecule has 9 heteroatoms. The fourth-order valence-electron chi connectivity index (χ4n) is 3.25. The van der Waals surface area contributed by atoms with Gasteiger partial charge < -0.3 is 15.2 Å². The Labute approximate surface area is 198 Å². The molecular formula is C24H25ClN2O5S. The summed E-state index contributed by atoms with van der Waals surface area (Å²) in [6, 6.07) is 18.1. The van der Waals surface area contributed by atoms with Crippen molar-refractivity contribution in [2.24, 2.45) is 0 Å². The number of amides is 1. The number of hydrogen-bond donors (Lipinski definition) is 3. The number of benzene rings is 3. The Morgan fingerprint density at radius 1 is 1.09 bits per heavy atom. The summed E-state index contributed by atoms with van der Waals surface area (Å²) in [7, 11) is -4.00. The lowest BCUT2D eigenvalue weighted by molar-refractivity contribution is -0.118. The van der Waals surface area contributed by atoms with Gasteiger partial charge in [-0.2, -0.15) is 0 Å². The number of hydrogen-bond acceptors (Lipinski definition) is 5. The monoisotopic (exact) mass is 488 g/mol. The topological polar surface area (TPSA) is 105 Å². The maximum atomic E-state index is 13.1. The fraction of sp³-hybridized carbons (Fsp3) is 0.208. The number of sulfonamides is 1. The molecule has 3 rings (SSSR count). The molecule has 0 heterocycles. The predicted molar refractivity (Wildman–Crippen MR) is 130 cm³/mol. The van der Waals surface area contributed by atoms with Gasteiger partial charge in [0.2, 0.25) is 5.91 Å². The maximum absolute atomic E-state index is 13.1. The molecule has 1 atom stereocenters. The first kappa shape index (κ1) is 24.6. The van der Waals surface area contributed by atoms with E-state index in [1.54, 1.807) is 56.3 Å². The second kappa shape index (κ2) is 10.7. The third kappa shape index (κ3) is 5.84. The van der Waals surface area contributed by atoms with Crippen molar-refractivity contribution in [3.8, 4) is 5.75 Å². The van der Waals surface area contributed by atoms with E-state index in [0.29, 0.717) is 27.5 Å². The summed E-state index contributed by atoms with van der Waals surface area (Å²) in [5, 5.41) is 12.9. The summed E-state index contributed by atoms with van der Waals surface area (Å²) >= 11 is 6.10. The zero-order valence-corrected chi connectivity index (χ0v) is 19.8. The first-order valence-corrected chi connectivity index (χ1v) is 12.1. The summed E-state index contributed by atoms with van der Waals surface area (Å²) in [4.78, 5) is 12.7. The van der Waals surface area contributed by atoms with E-state index in [4.69, 9.17) is 16.3 Å². The van der Waals surface area contributed by atoms with Gasteiger partial charge in [0.05, 0.1) is 24.8 Å². The van der Waals surface area contributed by atoms with Crippen LogP contribution in [0.3, 0.4) is 0 Å². The van der Waals surface area contributed by atoms with E-state index in [-0.39, 0.29) is 23.9 Å². The standard InChI is InChI=1S/C24H25ClN2O5S/c1-3-32-22-14-18(26-24(29)19(15-28)17-8-5-4-6-9-17)12-13-23(22)33(30,31)27-21-11-7-10-20(25)16(21)2/h4-14,19,27-28H,3,15H2,1-2H3,(H,26,29)/t19-/m0/s1. The highest BCUT2D eigenvalue weighted by atomic mass is 35.5. The van der Waals surface area contributed by atoms with Crippen molar-refractivity contribution < 1.29 is 23.1 Å². The van der Waals surface area contributed by atoms with Crippen molar-refractivity contribution in [3.05, 3.63) is 82.9 Å². The third-order valence-corrected chi connectivity index (χ3v) is 6.83. The Hall–Kier alpha value is -3.07. The van der Waals surface area contributed by atoms with E-state index in [2.05, 4.69) is 10.0 Å². The van der Waals surface area contributed by atoms with E-state index < -0.39 is 21.8 Å². The summed E-state index contributed by atoms with van der Waals surface area (Å²) in [5.74, 6) is -1.10. The normalized spacial score (nSPS) is 12.1. The van der Waals surface area contributed by atoms with Gasteiger partial charge in [-0.25, -0.2) is 8.42 Å². The van der Waals surface area contributed by atoms with Gasteiger partial charge in [-0.05, 0) is 49.2 Å². The maximum Gasteiger partial charge on any atom is 0.265 e. The minimum Gasteiger partial charge on any atom is -0.492 e. The van der Waals surface area contributed by atoms with Crippen molar-refractivity contribution in [2.45, 2.75) is 24.7 Å². The van der Waals surface area contributed by atoms with Gasteiger partial charge in [0.25, 0.3) is 10.0 Å². The molecule has 0 aliphatic heterocycles. The van der Waals surface area contributed by atoms with E-state index >= 15 is 0 Å². The van der Waals surface area contributed by atoms with Crippen LogP contribution in [0.25, 0.3) is 0 Å². The Balaban J connectivity index is 1.88. The molecule has 3 aromatic carbocycles. The molecule has 0 bridgehead atoms. The molecule has 0 fully saturated rings. The van der Waals surface area contributed by atoms with Crippen molar-refractivity contribution in [2.75, 3.05) is 23.3 Å². The SMILES string of the molecule is CCOc1cc(NC(=O)[C@@H](CO)c2ccccc2)ccc1S(=O)(=O)Nc1cccc(Cl)c1C. The van der Waals surface area contributed by atoms with Crippen LogP contribution < -0.4 is 14.8 Å². The van der Waals surface area contributed by atoms with Gasteiger partial charge in [0.1, 0.15) is 10.6 Å². The van der Waals surface area contributed by atoms with Crippen LogP contribution in [-0.4, -0.2) is 32.6 Å². The zero-order chi connectivity index (χ0) is 24.0. The van der Waals surface area contributed by atoms with Crippen LogP contribution in [0.4, 0.5) is 11.4 Å². The van der Waals surface area contributed by atoms with E-state index in [0.717, 1.165) is 0 Å². The van der Waals surface area contributed by atoms with Crippen LogP contribution >= 0.6 is 11.6 Å². The second-order valence-corrected chi connectivity index (χ2v) is 9.31. The summed E-state index contributed by atoms with van der Waals surface area (Å²) in [5.41, 5.74) is 1.97. The van der Waals surface area contributed by atoms with Gasteiger partial charge >= 0.3 is 0 Å². The highest BCUT2D eigenvalue weighted by molar-refractivity contribution is 7.92. The van der Waals surface area contributed by atoms with Crippen molar-refractivity contribution in [1.29, 1.82) is 0 Å². The molecule has 0 unspecified atom stereocenters. The Morgan fingerprint density at radius 3 is 2.48 bits per heavy atom. The number of halogens is 1. The highest BCUT2D eigenvalue weighted by Gasteiger charge is 2.24. The van der Waals surface area contributed by atoms with Crippen LogP contribution in [0.2, 0.25) is 5.02 Å². The molecule has 3 aromatic rings. The molecular weight excluding hydrogens is 464 g/mol. The van der Waals surface area contributed by atoms with E-state index in [1.807, 2.05) is 6.07 Å². The minimum atomic E-state index is -4.00. The number of anilines is 2. The highest BCUT2D eigenvalue weighted by Crippen LogP contribution is 2.32. The molecule has 33 heavy (non-hydrogen) atoms. The average molecular weight is 489 g/mol. The molecule has 0 spiro atoms. The zero-order valence-electron chi connectivity index (χ0n) is 18.2. The largest absolute Gasteiger partial charge is 0.492 e. The molecule has 7 nitrogen and oxygen atoms in total. The van der Waals surface area contributed by atoms with Gasteiger partial charge in [-0.3, -0.25) is 9.52 Å². The molecule has 0 aliphatic carbocycles. The average Bonchev–Trinajstić information content (AvgIpc) is 2.78. The Bertz CT molecular complexity index is 1230. The molecule has 1 amide bonds.